The lowest BCUT2D eigenvalue weighted by Crippen LogP contribution is -2.48. The van der Waals surface area contributed by atoms with E-state index in [1.54, 1.807) is 6.20 Å². The van der Waals surface area contributed by atoms with Crippen molar-refractivity contribution in [2.75, 3.05) is 38.2 Å². The molecular formula is C23H27N5O3. The number of esters is 1. The zero-order chi connectivity index (χ0) is 21.1. The molecule has 0 spiro atoms. The number of aromatic nitrogens is 3. The van der Waals surface area contributed by atoms with Crippen LogP contribution in [0.4, 0.5) is 5.82 Å². The third-order valence-electron chi connectivity index (χ3n) is 7.70. The number of carbonyl (C=O) groups excluding carboxylic acids is 1. The number of likely N-dealkylation sites (tertiary alicyclic amines) is 1. The topological polar surface area (TPSA) is 80.6 Å². The third-order valence-corrected chi connectivity index (χ3v) is 7.70. The van der Waals surface area contributed by atoms with E-state index in [9.17, 15) is 9.59 Å². The number of pyridine rings is 1. The number of anilines is 1. The molecule has 3 fully saturated rings. The molecule has 2 saturated heterocycles. The zero-order valence-electron chi connectivity index (χ0n) is 17.7. The van der Waals surface area contributed by atoms with Crippen LogP contribution in [0.3, 0.4) is 0 Å². The smallest absolute Gasteiger partial charge is 0.309 e. The van der Waals surface area contributed by atoms with Crippen LogP contribution in [0.5, 0.6) is 0 Å². The molecule has 31 heavy (non-hydrogen) atoms. The first-order valence-electron chi connectivity index (χ1n) is 11.2. The van der Waals surface area contributed by atoms with Crippen molar-refractivity contribution < 1.29 is 9.53 Å². The fraction of sp³-hybridized carbons (Fsp3) is 0.565. The molecule has 2 bridgehead atoms. The first kappa shape index (κ1) is 19.0. The SMILES string of the molecule is COC(=O)C1[C@H]2CN(Cc3ccc4n(c3=O)C[C@H]3C[C@@H]4CN(c4cccnn4)C3)C[C@@H]12. The average Bonchev–Trinajstić information content (AvgIpc) is 3.30. The highest BCUT2D eigenvalue weighted by molar-refractivity contribution is 5.76. The van der Waals surface area contributed by atoms with Gasteiger partial charge in [0, 0.05) is 62.6 Å². The maximum absolute atomic E-state index is 13.3. The lowest BCUT2D eigenvalue weighted by molar-refractivity contribution is -0.143. The third kappa shape index (κ3) is 3.15. The number of piperidine rings is 2. The van der Waals surface area contributed by atoms with E-state index in [1.165, 1.54) is 7.11 Å². The Bertz CT molecular complexity index is 1060. The van der Waals surface area contributed by atoms with E-state index < -0.39 is 0 Å². The van der Waals surface area contributed by atoms with Gasteiger partial charge in [0.05, 0.1) is 13.0 Å². The highest BCUT2D eigenvalue weighted by atomic mass is 16.5. The number of hydrogen-bond acceptors (Lipinski definition) is 7. The minimum absolute atomic E-state index is 0.0718. The summed E-state index contributed by atoms with van der Waals surface area (Å²) in [5.41, 5.74) is 2.17. The van der Waals surface area contributed by atoms with Gasteiger partial charge in [0.15, 0.2) is 5.82 Å². The molecule has 0 radical (unpaired) electrons. The molecule has 0 aromatic carbocycles. The maximum Gasteiger partial charge on any atom is 0.309 e. The van der Waals surface area contributed by atoms with E-state index in [0.717, 1.165) is 56.2 Å². The van der Waals surface area contributed by atoms with Gasteiger partial charge in [-0.2, -0.15) is 5.10 Å². The monoisotopic (exact) mass is 421 g/mol. The van der Waals surface area contributed by atoms with Crippen LogP contribution < -0.4 is 10.5 Å². The summed E-state index contributed by atoms with van der Waals surface area (Å²) in [6.07, 6.45) is 2.82. The van der Waals surface area contributed by atoms with Crippen LogP contribution in [0.15, 0.2) is 35.3 Å². The van der Waals surface area contributed by atoms with Crippen LogP contribution in [0.2, 0.25) is 0 Å². The lowest BCUT2D eigenvalue weighted by Gasteiger charge is -2.43. The number of ether oxygens (including phenoxy) is 1. The van der Waals surface area contributed by atoms with Gasteiger partial charge < -0.3 is 14.2 Å². The fourth-order valence-electron chi connectivity index (χ4n) is 6.23. The van der Waals surface area contributed by atoms with Crippen LogP contribution >= 0.6 is 0 Å². The summed E-state index contributed by atoms with van der Waals surface area (Å²) < 4.78 is 6.92. The number of nitrogens with zero attached hydrogens (tertiary/aromatic N) is 5. The maximum atomic E-state index is 13.3. The van der Waals surface area contributed by atoms with E-state index in [0.29, 0.717) is 30.2 Å². The summed E-state index contributed by atoms with van der Waals surface area (Å²) in [5, 5.41) is 8.30. The van der Waals surface area contributed by atoms with Gasteiger partial charge >= 0.3 is 5.97 Å². The Labute approximate surface area is 180 Å². The molecule has 8 heteroatoms. The highest BCUT2D eigenvalue weighted by Gasteiger charge is 2.60. The molecule has 8 nitrogen and oxygen atoms in total. The number of fused-ring (bicyclic) bond motifs is 5. The summed E-state index contributed by atoms with van der Waals surface area (Å²) >= 11 is 0. The van der Waals surface area contributed by atoms with Crippen molar-refractivity contribution in [1.82, 2.24) is 19.7 Å². The lowest BCUT2D eigenvalue weighted by atomic mass is 9.83. The van der Waals surface area contributed by atoms with Crippen LogP contribution in [-0.2, 0) is 22.6 Å². The number of carbonyl (C=O) groups is 1. The quantitative estimate of drug-likeness (QED) is 0.684. The molecule has 0 amide bonds. The van der Waals surface area contributed by atoms with Crippen molar-refractivity contribution in [3.63, 3.8) is 0 Å². The molecule has 2 aromatic heterocycles. The van der Waals surface area contributed by atoms with Crippen molar-refractivity contribution >= 4 is 11.8 Å². The number of methoxy groups -OCH3 is 1. The normalized spacial score (nSPS) is 31.1. The minimum Gasteiger partial charge on any atom is -0.469 e. The second-order valence-electron chi connectivity index (χ2n) is 9.56. The molecule has 3 aliphatic heterocycles. The molecule has 1 unspecified atom stereocenters. The van der Waals surface area contributed by atoms with Crippen molar-refractivity contribution in [3.8, 4) is 0 Å². The van der Waals surface area contributed by atoms with Crippen molar-refractivity contribution in [2.45, 2.75) is 25.4 Å². The second-order valence-corrected chi connectivity index (χ2v) is 9.56. The van der Waals surface area contributed by atoms with Gasteiger partial charge in [0.2, 0.25) is 0 Å². The van der Waals surface area contributed by atoms with Crippen LogP contribution in [0.25, 0.3) is 0 Å². The van der Waals surface area contributed by atoms with Gasteiger partial charge in [-0.1, -0.05) is 6.07 Å². The molecule has 162 valence electrons. The second kappa shape index (κ2) is 7.15. The van der Waals surface area contributed by atoms with Crippen molar-refractivity contribution in [1.29, 1.82) is 0 Å². The molecule has 5 atom stereocenters. The predicted octanol–water partition coefficient (Wildman–Crippen LogP) is 1.11. The van der Waals surface area contributed by atoms with Crippen molar-refractivity contribution in [2.24, 2.45) is 23.7 Å². The fourth-order valence-corrected chi connectivity index (χ4v) is 6.23. The molecule has 0 N–H and O–H groups in total. The van der Waals surface area contributed by atoms with Gasteiger partial charge in [0.1, 0.15) is 0 Å². The molecule has 1 aliphatic carbocycles. The van der Waals surface area contributed by atoms with Gasteiger partial charge in [-0.3, -0.25) is 14.5 Å². The minimum atomic E-state index is -0.0782. The Morgan fingerprint density at radius 2 is 1.97 bits per heavy atom. The first-order chi connectivity index (χ1) is 15.1. The summed E-state index contributed by atoms with van der Waals surface area (Å²) in [5.74, 6) is 2.51. The number of hydrogen-bond donors (Lipinski definition) is 0. The van der Waals surface area contributed by atoms with E-state index >= 15 is 0 Å². The molecule has 1 saturated carbocycles. The molecule has 6 rings (SSSR count). The average molecular weight is 422 g/mol. The van der Waals surface area contributed by atoms with Crippen molar-refractivity contribution in [3.05, 3.63) is 52.1 Å². The highest BCUT2D eigenvalue weighted by Crippen LogP contribution is 2.52. The Morgan fingerprint density at radius 3 is 2.71 bits per heavy atom. The Hall–Kier alpha value is -2.74. The Balaban J connectivity index is 1.18. The van der Waals surface area contributed by atoms with Gasteiger partial charge in [-0.05, 0) is 42.4 Å². The summed E-state index contributed by atoms with van der Waals surface area (Å²) in [4.78, 5) is 29.7. The standard InChI is InChI=1S/C23H27N5O3/c1-31-23(30)21-17-12-26(13-18(17)21)10-15-4-5-19-16-7-14(9-28(19)22(15)29)8-27(11-16)20-3-2-6-24-25-20/h2-6,14,16-18,21H,7-13H2,1H3/t14-,16+,17-,18+,21?/m0/s1. The van der Waals surface area contributed by atoms with E-state index in [-0.39, 0.29) is 17.4 Å². The molecule has 4 aliphatic rings. The summed E-state index contributed by atoms with van der Waals surface area (Å²) in [7, 11) is 1.46. The van der Waals surface area contributed by atoms with E-state index in [2.05, 4.69) is 26.1 Å². The van der Waals surface area contributed by atoms with Crippen LogP contribution in [0, 0.1) is 23.7 Å². The van der Waals surface area contributed by atoms with Gasteiger partial charge in [-0.25, -0.2) is 0 Å². The molecular weight excluding hydrogens is 394 g/mol. The van der Waals surface area contributed by atoms with Crippen LogP contribution in [0.1, 0.15) is 23.6 Å². The first-order valence-corrected chi connectivity index (χ1v) is 11.2. The summed E-state index contributed by atoms with van der Waals surface area (Å²) in [6, 6.07) is 8.12. The van der Waals surface area contributed by atoms with E-state index in [4.69, 9.17) is 4.74 Å². The molecule has 5 heterocycles. The largest absolute Gasteiger partial charge is 0.469 e. The summed E-state index contributed by atoms with van der Waals surface area (Å²) in [6.45, 7) is 4.98. The zero-order valence-corrected chi connectivity index (χ0v) is 17.7. The molecule has 2 aromatic rings. The Morgan fingerprint density at radius 1 is 1.13 bits per heavy atom. The predicted molar refractivity (Wildman–Crippen MR) is 114 cm³/mol. The van der Waals surface area contributed by atoms with Gasteiger partial charge in [0.25, 0.3) is 5.56 Å². The Kier molecular flexibility index (Phi) is 4.38. The van der Waals surface area contributed by atoms with Crippen LogP contribution in [-0.4, -0.2) is 58.9 Å². The van der Waals surface area contributed by atoms with Gasteiger partial charge in [-0.15, -0.1) is 5.10 Å². The van der Waals surface area contributed by atoms with E-state index in [1.807, 2.05) is 22.8 Å². The number of rotatable bonds is 4.